The van der Waals surface area contributed by atoms with E-state index < -0.39 is 5.92 Å². The van der Waals surface area contributed by atoms with Crippen molar-refractivity contribution >= 4 is 10.8 Å². The number of aryl methyl sites for hydroxylation is 2. The van der Waals surface area contributed by atoms with Crippen LogP contribution >= 0.6 is 0 Å². The summed E-state index contributed by atoms with van der Waals surface area (Å²) >= 11 is 0. The topological polar surface area (TPSA) is 88.0 Å². The summed E-state index contributed by atoms with van der Waals surface area (Å²) in [6, 6.07) is 14.3. The Hall–Kier alpha value is -3.94. The van der Waals surface area contributed by atoms with E-state index in [1.807, 2.05) is 18.2 Å². The molecule has 0 N–H and O–H groups in total. The SMILES string of the molecule is CCCCCCCCn1cc(C(c2ccc3ccccc3c2)c2cn(CCCCCCCC)c(=O)n(CCCCCCCC)c2=O)c(=O)n(CCCCCCCC)c1=O. The molecule has 0 atom stereocenters. The summed E-state index contributed by atoms with van der Waals surface area (Å²) in [6.45, 7) is 10.5. The third kappa shape index (κ3) is 14.6. The van der Waals surface area contributed by atoms with E-state index in [0.29, 0.717) is 37.3 Å². The van der Waals surface area contributed by atoms with Gasteiger partial charge in [0.15, 0.2) is 0 Å². The third-order valence-electron chi connectivity index (χ3n) is 12.2. The van der Waals surface area contributed by atoms with Gasteiger partial charge in [-0.1, -0.05) is 199 Å². The van der Waals surface area contributed by atoms with Gasteiger partial charge >= 0.3 is 11.4 Å². The first kappa shape index (κ1) is 47.7. The second-order valence-corrected chi connectivity index (χ2v) is 17.1. The van der Waals surface area contributed by atoms with Gasteiger partial charge in [-0.2, -0.15) is 0 Å². The average molecular weight is 811 g/mol. The van der Waals surface area contributed by atoms with Crippen LogP contribution in [0.3, 0.4) is 0 Å². The number of rotatable bonds is 31. The van der Waals surface area contributed by atoms with Gasteiger partial charge < -0.3 is 9.13 Å². The first-order valence-corrected chi connectivity index (χ1v) is 24.0. The Morgan fingerprint density at radius 3 is 1.17 bits per heavy atom. The summed E-state index contributed by atoms with van der Waals surface area (Å²) in [5.41, 5.74) is 0.436. The van der Waals surface area contributed by atoms with E-state index in [1.54, 1.807) is 21.5 Å². The van der Waals surface area contributed by atoms with Crippen LogP contribution in [0.2, 0.25) is 0 Å². The minimum Gasteiger partial charge on any atom is -0.300 e. The number of unbranched alkanes of at least 4 members (excludes halogenated alkanes) is 20. The fourth-order valence-corrected chi connectivity index (χ4v) is 8.60. The molecule has 2 heterocycles. The summed E-state index contributed by atoms with van der Waals surface area (Å²) < 4.78 is 6.37. The zero-order valence-electron chi connectivity index (χ0n) is 37.5. The molecule has 8 nitrogen and oxygen atoms in total. The number of benzene rings is 2. The van der Waals surface area contributed by atoms with E-state index in [9.17, 15) is 19.2 Å². The van der Waals surface area contributed by atoms with E-state index in [1.165, 1.54) is 60.5 Å². The average Bonchev–Trinajstić information content (AvgIpc) is 3.24. The van der Waals surface area contributed by atoms with Crippen molar-refractivity contribution in [3.05, 3.63) is 113 Å². The monoisotopic (exact) mass is 811 g/mol. The first-order chi connectivity index (χ1) is 28.9. The van der Waals surface area contributed by atoms with Crippen molar-refractivity contribution in [3.63, 3.8) is 0 Å². The van der Waals surface area contributed by atoms with Gasteiger partial charge in [0.1, 0.15) is 0 Å². The molecule has 326 valence electrons. The molecule has 0 saturated carbocycles. The minimum atomic E-state index is -0.765. The van der Waals surface area contributed by atoms with E-state index in [4.69, 9.17) is 0 Å². The first-order valence-electron chi connectivity index (χ1n) is 24.0. The molecule has 0 aliphatic rings. The number of hydrogen-bond acceptors (Lipinski definition) is 4. The van der Waals surface area contributed by atoms with Crippen LogP contribution in [-0.2, 0) is 26.2 Å². The van der Waals surface area contributed by atoms with Gasteiger partial charge in [0, 0.05) is 55.6 Å². The van der Waals surface area contributed by atoms with Gasteiger partial charge in [-0.15, -0.1) is 0 Å². The molecule has 4 rings (SSSR count). The van der Waals surface area contributed by atoms with Crippen molar-refractivity contribution < 1.29 is 0 Å². The molecule has 0 fully saturated rings. The van der Waals surface area contributed by atoms with Crippen molar-refractivity contribution in [1.82, 2.24) is 18.3 Å². The summed E-state index contributed by atoms with van der Waals surface area (Å²) in [4.78, 5) is 58.3. The molecular weight excluding hydrogens is 733 g/mol. The molecule has 2 aromatic carbocycles. The maximum absolute atomic E-state index is 14.9. The summed E-state index contributed by atoms with van der Waals surface area (Å²) in [7, 11) is 0. The van der Waals surface area contributed by atoms with Crippen molar-refractivity contribution in [2.24, 2.45) is 0 Å². The summed E-state index contributed by atoms with van der Waals surface area (Å²) in [5.74, 6) is -0.765. The lowest BCUT2D eigenvalue weighted by atomic mass is 9.86. The molecule has 8 heteroatoms. The number of hydrogen-bond donors (Lipinski definition) is 0. The van der Waals surface area contributed by atoms with Gasteiger partial charge in [-0.25, -0.2) is 9.59 Å². The van der Waals surface area contributed by atoms with Crippen LogP contribution in [0, 0.1) is 0 Å². The fraction of sp³-hybridized carbons (Fsp3) is 0.647. The minimum absolute atomic E-state index is 0.272. The predicted molar refractivity (Wildman–Crippen MR) is 248 cm³/mol. The maximum Gasteiger partial charge on any atom is 0.330 e. The quantitative estimate of drug-likeness (QED) is 0.0474. The molecule has 59 heavy (non-hydrogen) atoms. The van der Waals surface area contributed by atoms with Crippen LogP contribution in [0.25, 0.3) is 10.8 Å². The Balaban J connectivity index is 1.89. The second-order valence-electron chi connectivity index (χ2n) is 17.1. The van der Waals surface area contributed by atoms with E-state index in [-0.39, 0.29) is 22.5 Å². The molecule has 0 aliphatic heterocycles. The lowest BCUT2D eigenvalue weighted by molar-refractivity contribution is 0.477. The third-order valence-corrected chi connectivity index (χ3v) is 12.2. The van der Waals surface area contributed by atoms with Crippen molar-refractivity contribution in [2.45, 2.75) is 214 Å². The Bertz CT molecular complexity index is 1950. The lowest BCUT2D eigenvalue weighted by Crippen LogP contribution is -2.45. The Labute approximate surface area is 355 Å². The second kappa shape index (κ2) is 27.0. The molecular formula is C51H78N4O4. The standard InChI is InChI=1S/C51H78N4O4/c1-5-9-13-17-21-27-35-52-40-45(48(56)54(50(52)58)37-29-23-19-15-11-7-3)47(44-34-33-42-31-25-26-32-43(42)39-44)46-41-53(36-28-22-18-14-10-6-2)51(59)55(49(46)57)38-30-24-20-16-12-8-4/h25-26,31-34,39-41,47H,5-24,27-30,35-38H2,1-4H3. The molecule has 0 amide bonds. The van der Waals surface area contributed by atoms with Crippen LogP contribution in [0.4, 0.5) is 0 Å². The van der Waals surface area contributed by atoms with Crippen LogP contribution in [0.15, 0.2) is 74.0 Å². The molecule has 0 spiro atoms. The van der Waals surface area contributed by atoms with Crippen LogP contribution in [0.1, 0.15) is 204 Å². The zero-order valence-corrected chi connectivity index (χ0v) is 37.5. The van der Waals surface area contributed by atoms with Crippen LogP contribution < -0.4 is 22.5 Å². The summed E-state index contributed by atoms with van der Waals surface area (Å²) in [6.07, 6.45) is 29.1. The fourth-order valence-electron chi connectivity index (χ4n) is 8.60. The number of fused-ring (bicyclic) bond motifs is 1. The Kier molecular flexibility index (Phi) is 21.9. The Morgan fingerprint density at radius 2 is 0.763 bits per heavy atom. The summed E-state index contributed by atoms with van der Waals surface area (Å²) in [5, 5.41) is 2.08. The molecule has 0 unspecified atom stereocenters. The maximum atomic E-state index is 14.9. The molecule has 0 bridgehead atoms. The van der Waals surface area contributed by atoms with Crippen molar-refractivity contribution in [1.29, 1.82) is 0 Å². The highest BCUT2D eigenvalue weighted by molar-refractivity contribution is 5.83. The largest absolute Gasteiger partial charge is 0.330 e. The highest BCUT2D eigenvalue weighted by Gasteiger charge is 2.28. The smallest absolute Gasteiger partial charge is 0.300 e. The van der Waals surface area contributed by atoms with E-state index in [2.05, 4.69) is 52.0 Å². The van der Waals surface area contributed by atoms with Gasteiger partial charge in [-0.3, -0.25) is 18.7 Å². The van der Waals surface area contributed by atoms with Crippen LogP contribution in [0.5, 0.6) is 0 Å². The van der Waals surface area contributed by atoms with Crippen molar-refractivity contribution in [3.8, 4) is 0 Å². The van der Waals surface area contributed by atoms with E-state index >= 15 is 0 Å². The molecule has 0 saturated heterocycles. The molecule has 2 aromatic heterocycles. The van der Waals surface area contributed by atoms with Gasteiger partial charge in [0.2, 0.25) is 0 Å². The Morgan fingerprint density at radius 1 is 0.407 bits per heavy atom. The van der Waals surface area contributed by atoms with E-state index in [0.717, 1.165) is 119 Å². The van der Waals surface area contributed by atoms with Gasteiger partial charge in [-0.05, 0) is 42.0 Å². The van der Waals surface area contributed by atoms with Crippen LogP contribution in [-0.4, -0.2) is 18.3 Å². The molecule has 4 aromatic rings. The highest BCUT2D eigenvalue weighted by atomic mass is 16.2. The number of aromatic nitrogens is 4. The predicted octanol–water partition coefficient (Wildman–Crippen LogP) is 12.1. The van der Waals surface area contributed by atoms with Gasteiger partial charge in [0.25, 0.3) is 11.1 Å². The zero-order chi connectivity index (χ0) is 42.2. The highest BCUT2D eigenvalue weighted by Crippen LogP contribution is 2.31. The lowest BCUT2D eigenvalue weighted by Gasteiger charge is -2.23. The molecule has 0 aliphatic carbocycles. The van der Waals surface area contributed by atoms with Gasteiger partial charge in [0.05, 0.1) is 0 Å². The molecule has 0 radical (unpaired) electrons. The number of nitrogens with zero attached hydrogens (tertiary/aromatic N) is 4. The normalized spacial score (nSPS) is 11.7. The van der Waals surface area contributed by atoms with Crippen molar-refractivity contribution in [2.75, 3.05) is 0 Å².